The predicted octanol–water partition coefficient (Wildman–Crippen LogP) is 0.379. The molecule has 1 fully saturated rings. The average molecular weight is 427 g/mol. The van der Waals surface area contributed by atoms with Crippen molar-refractivity contribution < 1.29 is 17.1 Å². The van der Waals surface area contributed by atoms with E-state index in [9.17, 15) is 0 Å². The molecule has 1 aromatic heterocycles. The Morgan fingerprint density at radius 2 is 1.33 bits per heavy atom. The summed E-state index contributed by atoms with van der Waals surface area (Å²) >= 11 is 0. The third kappa shape index (κ3) is 4.87. The summed E-state index contributed by atoms with van der Waals surface area (Å²) in [6, 6.07) is 20.4. The highest BCUT2D eigenvalue weighted by atomic mass is 35.5. The van der Waals surface area contributed by atoms with Gasteiger partial charge in [0.15, 0.2) is 0 Å². The minimum absolute atomic E-state index is 0. The Kier molecular flexibility index (Phi) is 6.87. The molecule has 0 saturated carbocycles. The number of ether oxygens (including phenoxy) is 1. The molecule has 0 spiro atoms. The third-order valence-corrected chi connectivity index (χ3v) is 4.72. The van der Waals surface area contributed by atoms with Crippen LogP contribution in [0.25, 0.3) is 0 Å². The first-order valence-corrected chi connectivity index (χ1v) is 9.83. The van der Waals surface area contributed by atoms with Gasteiger partial charge in [0.2, 0.25) is 11.9 Å². The molecule has 0 unspecified atom stereocenters. The lowest BCUT2D eigenvalue weighted by Crippen LogP contribution is -3.00. The van der Waals surface area contributed by atoms with Gasteiger partial charge in [-0.2, -0.15) is 4.98 Å². The second kappa shape index (κ2) is 9.38. The number of quaternary nitrogens is 1. The largest absolute Gasteiger partial charge is 1.00 e. The summed E-state index contributed by atoms with van der Waals surface area (Å²) in [7, 11) is 6.20. The lowest BCUT2D eigenvalue weighted by atomic mass is 10.2. The van der Waals surface area contributed by atoms with E-state index in [0.717, 1.165) is 24.5 Å². The Balaban J connectivity index is 0.00000256. The molecular weight excluding hydrogens is 400 g/mol. The topological polar surface area (TPSA) is 54.4 Å². The van der Waals surface area contributed by atoms with Gasteiger partial charge in [-0.15, -0.1) is 9.97 Å². The number of anilines is 4. The zero-order valence-electron chi connectivity index (χ0n) is 17.6. The monoisotopic (exact) mass is 426 g/mol. The maximum Gasteiger partial charge on any atom is 0.334 e. The zero-order chi connectivity index (χ0) is 20.3. The predicted molar refractivity (Wildman–Crippen MR) is 117 cm³/mol. The molecule has 1 saturated heterocycles. The first kappa shape index (κ1) is 22.0. The molecule has 0 N–H and O–H groups in total. The van der Waals surface area contributed by atoms with E-state index in [0.29, 0.717) is 35.5 Å². The Bertz CT molecular complexity index is 903. The summed E-state index contributed by atoms with van der Waals surface area (Å²) in [5, 5.41) is 0. The van der Waals surface area contributed by atoms with Crippen LogP contribution in [-0.2, 0) is 4.74 Å². The number of halogens is 1. The number of morpholine rings is 1. The van der Waals surface area contributed by atoms with E-state index in [2.05, 4.69) is 55.2 Å². The number of hydrogen-bond acceptors (Lipinski definition) is 6. The van der Waals surface area contributed by atoms with Crippen molar-refractivity contribution in [3.05, 3.63) is 60.7 Å². The Labute approximate surface area is 184 Å². The second-order valence-electron chi connectivity index (χ2n) is 7.85. The second-order valence-corrected chi connectivity index (χ2v) is 7.85. The zero-order valence-corrected chi connectivity index (χ0v) is 18.3. The number of rotatable bonds is 5. The van der Waals surface area contributed by atoms with E-state index < -0.39 is 0 Å². The average Bonchev–Trinajstić information content (AvgIpc) is 2.75. The van der Waals surface area contributed by atoms with Gasteiger partial charge in [-0.3, -0.25) is 9.38 Å². The van der Waals surface area contributed by atoms with Crippen molar-refractivity contribution in [2.45, 2.75) is 0 Å². The third-order valence-electron chi connectivity index (χ3n) is 4.72. The maximum absolute atomic E-state index is 5.51. The van der Waals surface area contributed by atoms with Crippen molar-refractivity contribution in [2.24, 2.45) is 0 Å². The maximum atomic E-state index is 5.51. The fourth-order valence-corrected chi connectivity index (χ4v) is 3.18. The lowest BCUT2D eigenvalue weighted by molar-refractivity contribution is -0.00000702. The molecule has 7 nitrogen and oxygen atoms in total. The standard InChI is InChI=1S/C22H27N6O.ClH/c1-28(2,3)22-24-20(26-14-16-29-17-15-26)23-21(25-22)27(18-10-6-4-7-11-18)19-12-8-5-9-13-19;/h4-13H,14-17H2,1-3H3;1H/q+1;/p-1. The highest BCUT2D eigenvalue weighted by Crippen LogP contribution is 2.33. The van der Waals surface area contributed by atoms with Crippen LogP contribution < -0.4 is 26.7 Å². The van der Waals surface area contributed by atoms with Crippen LogP contribution in [0.2, 0.25) is 0 Å². The SMILES string of the molecule is C[N+](C)(C)c1nc(N2CCOCC2)nc(N(c2ccccc2)c2ccccc2)n1.[Cl-]. The van der Waals surface area contributed by atoms with Gasteiger partial charge in [-0.05, 0) is 24.3 Å². The number of aromatic nitrogens is 3. The molecule has 8 heteroatoms. The van der Waals surface area contributed by atoms with Crippen LogP contribution >= 0.6 is 0 Å². The van der Waals surface area contributed by atoms with Gasteiger partial charge in [0, 0.05) is 24.5 Å². The summed E-state index contributed by atoms with van der Waals surface area (Å²) < 4.78 is 6.01. The normalized spacial score (nSPS) is 14.2. The van der Waals surface area contributed by atoms with Gasteiger partial charge in [0.25, 0.3) is 0 Å². The first-order valence-electron chi connectivity index (χ1n) is 9.83. The van der Waals surface area contributed by atoms with Crippen LogP contribution in [0.5, 0.6) is 0 Å². The van der Waals surface area contributed by atoms with Crippen LogP contribution in [0.15, 0.2) is 60.7 Å². The highest BCUT2D eigenvalue weighted by Gasteiger charge is 2.26. The molecule has 30 heavy (non-hydrogen) atoms. The summed E-state index contributed by atoms with van der Waals surface area (Å²) in [6.07, 6.45) is 0. The van der Waals surface area contributed by atoms with Crippen molar-refractivity contribution in [1.82, 2.24) is 19.4 Å². The first-order chi connectivity index (χ1) is 14.0. The Morgan fingerprint density at radius 3 is 1.83 bits per heavy atom. The van der Waals surface area contributed by atoms with E-state index in [1.807, 2.05) is 36.4 Å². The molecule has 0 atom stereocenters. The van der Waals surface area contributed by atoms with Crippen molar-refractivity contribution in [3.8, 4) is 0 Å². The molecule has 3 aromatic rings. The molecule has 158 valence electrons. The van der Waals surface area contributed by atoms with E-state index >= 15 is 0 Å². The van der Waals surface area contributed by atoms with Gasteiger partial charge in [-0.1, -0.05) is 36.4 Å². The highest BCUT2D eigenvalue weighted by molar-refractivity contribution is 5.73. The fourth-order valence-electron chi connectivity index (χ4n) is 3.18. The van der Waals surface area contributed by atoms with Gasteiger partial charge >= 0.3 is 5.95 Å². The van der Waals surface area contributed by atoms with Crippen molar-refractivity contribution in [3.63, 3.8) is 0 Å². The van der Waals surface area contributed by atoms with Gasteiger partial charge < -0.3 is 22.0 Å². The van der Waals surface area contributed by atoms with Crippen LogP contribution in [0.4, 0.5) is 29.2 Å². The Morgan fingerprint density at radius 1 is 0.800 bits per heavy atom. The molecular formula is C22H27ClN6O. The number of hydrogen-bond donors (Lipinski definition) is 0. The number of para-hydroxylation sites is 2. The summed E-state index contributed by atoms with van der Waals surface area (Å²) in [5.74, 6) is 2.02. The molecule has 2 heterocycles. The van der Waals surface area contributed by atoms with Crippen LogP contribution in [-0.4, -0.2) is 62.4 Å². The van der Waals surface area contributed by atoms with E-state index in [1.165, 1.54) is 0 Å². The smallest absolute Gasteiger partial charge is 0.334 e. The minimum Gasteiger partial charge on any atom is -1.00 e. The molecule has 0 bridgehead atoms. The van der Waals surface area contributed by atoms with Crippen LogP contribution in [0, 0.1) is 0 Å². The molecule has 1 aliphatic heterocycles. The minimum atomic E-state index is 0. The lowest BCUT2D eigenvalue weighted by Gasteiger charge is -2.30. The van der Waals surface area contributed by atoms with E-state index in [1.54, 1.807) is 0 Å². The van der Waals surface area contributed by atoms with Crippen LogP contribution in [0.3, 0.4) is 0 Å². The van der Waals surface area contributed by atoms with Gasteiger partial charge in [0.05, 0.1) is 34.4 Å². The quantitative estimate of drug-likeness (QED) is 0.550. The molecule has 0 amide bonds. The molecule has 0 radical (unpaired) electrons. The summed E-state index contributed by atoms with van der Waals surface area (Å²) in [4.78, 5) is 18.8. The molecule has 4 rings (SSSR count). The van der Waals surface area contributed by atoms with Crippen molar-refractivity contribution in [1.29, 1.82) is 0 Å². The van der Waals surface area contributed by atoms with Gasteiger partial charge in [-0.25, -0.2) is 0 Å². The molecule has 0 aliphatic carbocycles. The summed E-state index contributed by atoms with van der Waals surface area (Å²) in [5.41, 5.74) is 2.01. The van der Waals surface area contributed by atoms with Crippen molar-refractivity contribution in [2.75, 3.05) is 57.2 Å². The van der Waals surface area contributed by atoms with Crippen LogP contribution in [0.1, 0.15) is 0 Å². The summed E-state index contributed by atoms with van der Waals surface area (Å²) in [6.45, 7) is 2.91. The number of benzene rings is 2. The number of nitrogens with zero attached hydrogens (tertiary/aromatic N) is 6. The van der Waals surface area contributed by atoms with E-state index in [4.69, 9.17) is 19.7 Å². The van der Waals surface area contributed by atoms with E-state index in [-0.39, 0.29) is 12.4 Å². The molecule has 1 aliphatic rings. The molecule has 2 aromatic carbocycles. The Hall–Kier alpha value is -2.74. The van der Waals surface area contributed by atoms with Crippen molar-refractivity contribution >= 4 is 29.2 Å². The van der Waals surface area contributed by atoms with Gasteiger partial charge in [0.1, 0.15) is 0 Å². The fraction of sp³-hybridized carbons (Fsp3) is 0.318.